The van der Waals surface area contributed by atoms with Gasteiger partial charge >= 0.3 is 0 Å². The number of hydrogen-bond donors (Lipinski definition) is 2. The van der Waals surface area contributed by atoms with Crippen LogP contribution in [0, 0.1) is 10.1 Å². The van der Waals surface area contributed by atoms with Crippen LogP contribution in [-0.2, 0) is 0 Å². The molecule has 0 fully saturated rings. The summed E-state index contributed by atoms with van der Waals surface area (Å²) < 4.78 is 0. The van der Waals surface area contributed by atoms with Crippen LogP contribution in [0.1, 0.15) is 20.7 Å². The number of carbonyl (C=O) groups is 2. The zero-order valence-corrected chi connectivity index (χ0v) is 16.2. The highest BCUT2D eigenvalue weighted by Gasteiger charge is 2.24. The molecule has 0 aliphatic rings. The quantitative estimate of drug-likeness (QED) is 0.418. The third-order valence-electron chi connectivity index (χ3n) is 3.92. The summed E-state index contributed by atoms with van der Waals surface area (Å²) >= 11 is 12.1. The van der Waals surface area contributed by atoms with Crippen LogP contribution in [0.5, 0.6) is 0 Å². The molecule has 3 aromatic rings. The van der Waals surface area contributed by atoms with Crippen molar-refractivity contribution < 1.29 is 14.5 Å². The van der Waals surface area contributed by atoms with Crippen molar-refractivity contribution in [1.29, 1.82) is 0 Å². The van der Waals surface area contributed by atoms with Crippen molar-refractivity contribution in [2.24, 2.45) is 0 Å². The molecule has 0 heterocycles. The Hall–Kier alpha value is -3.42. The molecule has 9 heteroatoms. The predicted octanol–water partition coefficient (Wildman–Crippen LogP) is 5.41. The second-order valence-electron chi connectivity index (χ2n) is 5.86. The van der Waals surface area contributed by atoms with E-state index in [-0.39, 0.29) is 26.9 Å². The Morgan fingerprint density at radius 1 is 0.828 bits per heavy atom. The largest absolute Gasteiger partial charge is 0.322 e. The van der Waals surface area contributed by atoms with Gasteiger partial charge in [-0.2, -0.15) is 0 Å². The number of anilines is 2. The summed E-state index contributed by atoms with van der Waals surface area (Å²) in [6.07, 6.45) is 0. The summed E-state index contributed by atoms with van der Waals surface area (Å²) in [4.78, 5) is 35.6. The van der Waals surface area contributed by atoms with E-state index in [0.717, 1.165) is 0 Å². The van der Waals surface area contributed by atoms with E-state index in [4.69, 9.17) is 23.2 Å². The standard InChI is InChI=1S/C20H13Cl2N3O4/c21-14-10-9-12(19(26)23-13-5-2-1-3-6-13)11-16(14)24-20(27)18-15(22)7-4-8-17(18)25(28)29/h1-11H,(H,23,26)(H,24,27). The average Bonchev–Trinajstić information content (AvgIpc) is 2.70. The van der Waals surface area contributed by atoms with Crippen molar-refractivity contribution in [1.82, 2.24) is 0 Å². The number of nitrogens with zero attached hydrogens (tertiary/aromatic N) is 1. The Labute approximate surface area is 175 Å². The normalized spacial score (nSPS) is 10.3. The molecule has 0 unspecified atom stereocenters. The molecule has 146 valence electrons. The Morgan fingerprint density at radius 3 is 2.24 bits per heavy atom. The molecular weight excluding hydrogens is 417 g/mol. The highest BCUT2D eigenvalue weighted by atomic mass is 35.5. The number of amides is 2. The van der Waals surface area contributed by atoms with Gasteiger partial charge in [-0.1, -0.05) is 47.5 Å². The van der Waals surface area contributed by atoms with Crippen LogP contribution in [0.15, 0.2) is 66.7 Å². The number of rotatable bonds is 5. The molecular formula is C20H13Cl2N3O4. The van der Waals surface area contributed by atoms with Crippen LogP contribution >= 0.6 is 23.2 Å². The van der Waals surface area contributed by atoms with Gasteiger partial charge in [0.2, 0.25) is 0 Å². The maximum atomic E-state index is 12.6. The topological polar surface area (TPSA) is 101 Å². The molecule has 3 aromatic carbocycles. The number of benzene rings is 3. The number of para-hydroxylation sites is 1. The van der Waals surface area contributed by atoms with Crippen LogP contribution in [0.3, 0.4) is 0 Å². The molecule has 0 aliphatic carbocycles. The first-order valence-corrected chi connectivity index (χ1v) is 9.02. The van der Waals surface area contributed by atoms with Crippen LogP contribution in [-0.4, -0.2) is 16.7 Å². The molecule has 2 amide bonds. The second-order valence-corrected chi connectivity index (χ2v) is 6.67. The van der Waals surface area contributed by atoms with Crippen LogP contribution in [0.4, 0.5) is 17.1 Å². The van der Waals surface area contributed by atoms with Gasteiger partial charge in [-0.25, -0.2) is 0 Å². The molecule has 0 aliphatic heterocycles. The Kier molecular flexibility index (Phi) is 6.11. The van der Waals surface area contributed by atoms with Gasteiger partial charge in [-0.15, -0.1) is 0 Å². The minimum Gasteiger partial charge on any atom is -0.322 e. The van der Waals surface area contributed by atoms with Crippen molar-refractivity contribution in [3.8, 4) is 0 Å². The lowest BCUT2D eigenvalue weighted by Crippen LogP contribution is -2.16. The first kappa shape index (κ1) is 20.3. The number of nitrogens with one attached hydrogen (secondary N) is 2. The third-order valence-corrected chi connectivity index (χ3v) is 4.57. The minimum absolute atomic E-state index is 0.0780. The summed E-state index contributed by atoms with van der Waals surface area (Å²) in [5, 5.41) is 16.5. The van der Waals surface area contributed by atoms with Crippen LogP contribution in [0.25, 0.3) is 0 Å². The molecule has 0 saturated carbocycles. The predicted molar refractivity (Wildman–Crippen MR) is 112 cm³/mol. The summed E-state index contributed by atoms with van der Waals surface area (Å²) in [5.41, 5.74) is 0.219. The van der Waals surface area contributed by atoms with Gasteiger partial charge in [0, 0.05) is 17.3 Å². The molecule has 2 N–H and O–H groups in total. The first-order valence-electron chi connectivity index (χ1n) is 8.27. The van der Waals surface area contributed by atoms with Gasteiger partial charge in [0.25, 0.3) is 17.5 Å². The lowest BCUT2D eigenvalue weighted by atomic mass is 10.1. The Balaban J connectivity index is 1.87. The van der Waals surface area contributed by atoms with E-state index in [0.29, 0.717) is 5.69 Å². The van der Waals surface area contributed by atoms with Crippen LogP contribution in [0.2, 0.25) is 10.0 Å². The Morgan fingerprint density at radius 2 is 1.55 bits per heavy atom. The molecule has 0 bridgehead atoms. The van der Waals surface area contributed by atoms with Crippen molar-refractivity contribution in [3.63, 3.8) is 0 Å². The second kappa shape index (κ2) is 8.72. The lowest BCUT2D eigenvalue weighted by Gasteiger charge is -2.11. The minimum atomic E-state index is -0.815. The van der Waals surface area contributed by atoms with E-state index >= 15 is 0 Å². The van der Waals surface area contributed by atoms with Crippen molar-refractivity contribution in [3.05, 3.63) is 98.0 Å². The van der Waals surface area contributed by atoms with E-state index in [9.17, 15) is 19.7 Å². The van der Waals surface area contributed by atoms with Crippen molar-refractivity contribution >= 4 is 52.1 Å². The zero-order chi connectivity index (χ0) is 21.0. The number of nitro benzene ring substituents is 1. The van der Waals surface area contributed by atoms with Gasteiger partial charge < -0.3 is 10.6 Å². The van der Waals surface area contributed by atoms with Crippen LogP contribution < -0.4 is 10.6 Å². The van der Waals surface area contributed by atoms with E-state index in [2.05, 4.69) is 10.6 Å². The van der Waals surface area contributed by atoms with Crippen molar-refractivity contribution in [2.75, 3.05) is 10.6 Å². The molecule has 29 heavy (non-hydrogen) atoms. The summed E-state index contributed by atoms with van der Waals surface area (Å²) in [6, 6.07) is 17.1. The van der Waals surface area contributed by atoms with Gasteiger partial charge in [-0.3, -0.25) is 19.7 Å². The zero-order valence-electron chi connectivity index (χ0n) is 14.7. The monoisotopic (exact) mass is 429 g/mol. The molecule has 0 atom stereocenters. The third kappa shape index (κ3) is 4.71. The molecule has 7 nitrogen and oxygen atoms in total. The summed E-state index contributed by atoms with van der Waals surface area (Å²) in [5.74, 6) is -1.23. The smallest absolute Gasteiger partial charge is 0.283 e. The maximum absolute atomic E-state index is 12.6. The first-order chi connectivity index (χ1) is 13.9. The number of halogens is 2. The molecule has 0 spiro atoms. The average molecular weight is 430 g/mol. The fraction of sp³-hybridized carbons (Fsp3) is 0. The fourth-order valence-corrected chi connectivity index (χ4v) is 2.98. The van der Waals surface area contributed by atoms with Gasteiger partial charge in [-0.05, 0) is 36.4 Å². The van der Waals surface area contributed by atoms with E-state index in [1.165, 1.54) is 36.4 Å². The molecule has 0 saturated heterocycles. The molecule has 3 rings (SSSR count). The number of carbonyl (C=O) groups excluding carboxylic acids is 2. The number of hydrogen-bond acceptors (Lipinski definition) is 4. The van der Waals surface area contributed by atoms with Crippen molar-refractivity contribution in [2.45, 2.75) is 0 Å². The van der Waals surface area contributed by atoms with E-state index in [1.54, 1.807) is 24.3 Å². The van der Waals surface area contributed by atoms with Gasteiger partial charge in [0.05, 0.1) is 20.7 Å². The van der Waals surface area contributed by atoms with Gasteiger partial charge in [0.15, 0.2) is 0 Å². The highest BCUT2D eigenvalue weighted by Crippen LogP contribution is 2.29. The highest BCUT2D eigenvalue weighted by molar-refractivity contribution is 6.36. The summed E-state index contributed by atoms with van der Waals surface area (Å²) in [7, 11) is 0. The molecule has 0 aromatic heterocycles. The fourth-order valence-electron chi connectivity index (χ4n) is 2.56. The summed E-state index contributed by atoms with van der Waals surface area (Å²) in [6.45, 7) is 0. The van der Waals surface area contributed by atoms with E-state index < -0.39 is 22.4 Å². The Bertz CT molecular complexity index is 1100. The maximum Gasteiger partial charge on any atom is 0.283 e. The lowest BCUT2D eigenvalue weighted by molar-refractivity contribution is -0.385. The SMILES string of the molecule is O=C(Nc1ccccc1)c1ccc(Cl)c(NC(=O)c2c(Cl)cccc2[N+](=O)[O-])c1. The van der Waals surface area contributed by atoms with Gasteiger partial charge in [0.1, 0.15) is 5.56 Å². The molecule has 0 radical (unpaired) electrons. The number of nitro groups is 1. The van der Waals surface area contributed by atoms with E-state index in [1.807, 2.05) is 6.07 Å².